The highest BCUT2D eigenvalue weighted by molar-refractivity contribution is 9.11. The van der Waals surface area contributed by atoms with Crippen LogP contribution in [0.5, 0.6) is 0 Å². The third-order valence-electron chi connectivity index (χ3n) is 4.37. The quantitative estimate of drug-likeness (QED) is 0.840. The van der Waals surface area contributed by atoms with Gasteiger partial charge in [0.2, 0.25) is 0 Å². The highest BCUT2D eigenvalue weighted by Crippen LogP contribution is 2.48. The lowest BCUT2D eigenvalue weighted by molar-refractivity contribution is -0.0871. The van der Waals surface area contributed by atoms with Gasteiger partial charge in [0, 0.05) is 24.5 Å². The van der Waals surface area contributed by atoms with Gasteiger partial charge in [-0.05, 0) is 46.9 Å². The van der Waals surface area contributed by atoms with E-state index in [1.165, 1.54) is 14.2 Å². The number of halogens is 1. The fraction of sp³-hybridized carbons (Fsp3) is 0.571. The zero-order valence-electron chi connectivity index (χ0n) is 11.8. The Hall–Kier alpha value is -0.760. The molecular formula is C14H17BrN4OS. The summed E-state index contributed by atoms with van der Waals surface area (Å²) in [5.74, 6) is 0. The van der Waals surface area contributed by atoms with Gasteiger partial charge in [0.15, 0.2) is 0 Å². The predicted octanol–water partition coefficient (Wildman–Crippen LogP) is 2.53. The lowest BCUT2D eigenvalue weighted by atomic mass is 9.82. The van der Waals surface area contributed by atoms with Crippen LogP contribution in [0.4, 0.5) is 0 Å². The zero-order chi connectivity index (χ0) is 14.4. The van der Waals surface area contributed by atoms with E-state index in [0.717, 1.165) is 38.1 Å². The molecule has 21 heavy (non-hydrogen) atoms. The smallest absolute Gasteiger partial charge is 0.106 e. The first-order chi connectivity index (χ1) is 10.2. The normalized spacial score (nSPS) is 28.8. The van der Waals surface area contributed by atoms with Gasteiger partial charge < -0.3 is 10.1 Å². The van der Waals surface area contributed by atoms with Crippen molar-refractivity contribution in [2.24, 2.45) is 7.05 Å². The van der Waals surface area contributed by atoms with Crippen LogP contribution < -0.4 is 5.32 Å². The molecule has 2 unspecified atom stereocenters. The van der Waals surface area contributed by atoms with E-state index in [4.69, 9.17) is 4.74 Å². The van der Waals surface area contributed by atoms with Crippen LogP contribution >= 0.6 is 27.3 Å². The molecule has 0 aliphatic carbocycles. The summed E-state index contributed by atoms with van der Waals surface area (Å²) in [6, 6.07) is 2.46. The Morgan fingerprint density at radius 3 is 3.29 bits per heavy atom. The molecule has 2 aromatic heterocycles. The van der Waals surface area contributed by atoms with Crippen LogP contribution in [0.25, 0.3) is 0 Å². The number of aryl methyl sites for hydroxylation is 1. The summed E-state index contributed by atoms with van der Waals surface area (Å²) in [5, 5.41) is 11.9. The van der Waals surface area contributed by atoms with Crippen LogP contribution in [-0.4, -0.2) is 28.1 Å². The van der Waals surface area contributed by atoms with Gasteiger partial charge in [-0.1, -0.05) is 5.21 Å². The molecule has 112 valence electrons. The van der Waals surface area contributed by atoms with Crippen LogP contribution in [-0.2, 0) is 23.8 Å². The molecule has 2 aliphatic rings. The van der Waals surface area contributed by atoms with Gasteiger partial charge in [0.05, 0.1) is 22.1 Å². The maximum atomic E-state index is 6.30. The first-order valence-corrected chi connectivity index (χ1v) is 8.79. The average molecular weight is 369 g/mol. The Morgan fingerprint density at radius 1 is 1.57 bits per heavy atom. The van der Waals surface area contributed by atoms with Crippen LogP contribution in [0.15, 0.2) is 16.0 Å². The molecule has 1 saturated heterocycles. The van der Waals surface area contributed by atoms with E-state index in [1.54, 1.807) is 4.68 Å². The summed E-state index contributed by atoms with van der Waals surface area (Å²) in [7, 11) is 1.90. The molecule has 7 heteroatoms. The second-order valence-corrected chi connectivity index (χ2v) is 8.21. The molecule has 0 radical (unpaired) electrons. The summed E-state index contributed by atoms with van der Waals surface area (Å²) >= 11 is 5.45. The molecular weight excluding hydrogens is 352 g/mol. The van der Waals surface area contributed by atoms with Crippen LogP contribution in [0.2, 0.25) is 0 Å². The number of hydrogen-bond donors (Lipinski definition) is 1. The lowest BCUT2D eigenvalue weighted by Crippen LogP contribution is -2.45. The van der Waals surface area contributed by atoms with E-state index in [9.17, 15) is 0 Å². The Morgan fingerprint density at radius 2 is 2.48 bits per heavy atom. The maximum Gasteiger partial charge on any atom is 0.106 e. The predicted molar refractivity (Wildman–Crippen MR) is 84.3 cm³/mol. The van der Waals surface area contributed by atoms with Crippen molar-refractivity contribution in [1.82, 2.24) is 20.3 Å². The molecule has 1 N–H and O–H groups in total. The summed E-state index contributed by atoms with van der Waals surface area (Å²) < 4.78 is 9.26. The fourth-order valence-electron chi connectivity index (χ4n) is 3.41. The summed E-state index contributed by atoms with van der Waals surface area (Å²) in [4.78, 5) is 1.40. The van der Waals surface area contributed by atoms with Crippen LogP contribution in [0, 0.1) is 0 Å². The standard InChI is InChI=1S/C14H17BrN4OS/c1-19-8-11(17-18-19)10-7-14(3-4-16-10)13-9(2-5-20-14)6-12(15)21-13/h6,8,10,16H,2-5,7H2,1H3. The van der Waals surface area contributed by atoms with Crippen molar-refractivity contribution in [2.75, 3.05) is 13.2 Å². The summed E-state index contributed by atoms with van der Waals surface area (Å²) in [5.41, 5.74) is 2.29. The Bertz CT molecular complexity index is 670. The van der Waals surface area contributed by atoms with Crippen molar-refractivity contribution in [1.29, 1.82) is 0 Å². The Kier molecular flexibility index (Phi) is 3.40. The molecule has 0 bridgehead atoms. The van der Waals surface area contributed by atoms with Crippen molar-refractivity contribution in [3.05, 3.63) is 32.2 Å². The molecule has 4 heterocycles. The number of thiophene rings is 1. The lowest BCUT2D eigenvalue weighted by Gasteiger charge is -2.43. The fourth-order valence-corrected chi connectivity index (χ4v) is 5.29. The van der Waals surface area contributed by atoms with E-state index >= 15 is 0 Å². The highest BCUT2D eigenvalue weighted by atomic mass is 79.9. The Labute approximate surface area is 135 Å². The van der Waals surface area contributed by atoms with Crippen molar-refractivity contribution in [2.45, 2.75) is 30.9 Å². The van der Waals surface area contributed by atoms with Gasteiger partial charge in [0.1, 0.15) is 5.60 Å². The van der Waals surface area contributed by atoms with Gasteiger partial charge >= 0.3 is 0 Å². The number of hydrogen-bond acceptors (Lipinski definition) is 5. The summed E-state index contributed by atoms with van der Waals surface area (Å²) in [6.45, 7) is 1.75. The molecule has 2 aromatic rings. The van der Waals surface area contributed by atoms with Gasteiger partial charge in [-0.3, -0.25) is 4.68 Å². The van der Waals surface area contributed by atoms with E-state index in [-0.39, 0.29) is 11.6 Å². The molecule has 2 aliphatic heterocycles. The second-order valence-electron chi connectivity index (χ2n) is 5.78. The minimum absolute atomic E-state index is 0.155. The number of nitrogens with one attached hydrogen (secondary N) is 1. The average Bonchev–Trinajstić information content (AvgIpc) is 3.06. The molecule has 0 saturated carbocycles. The topological polar surface area (TPSA) is 52.0 Å². The number of aromatic nitrogens is 3. The number of nitrogens with zero attached hydrogens (tertiary/aromatic N) is 3. The first-order valence-electron chi connectivity index (χ1n) is 7.18. The number of fused-ring (bicyclic) bond motifs is 2. The molecule has 0 amide bonds. The Balaban J connectivity index is 1.69. The van der Waals surface area contributed by atoms with Gasteiger partial charge in [0.25, 0.3) is 0 Å². The van der Waals surface area contributed by atoms with E-state index in [0.29, 0.717) is 0 Å². The number of rotatable bonds is 1. The number of piperidine rings is 1. The van der Waals surface area contributed by atoms with Crippen molar-refractivity contribution in [3.63, 3.8) is 0 Å². The molecule has 2 atom stereocenters. The minimum Gasteiger partial charge on any atom is -0.369 e. The molecule has 0 aromatic carbocycles. The summed E-state index contributed by atoms with van der Waals surface area (Å²) in [6.07, 6.45) is 4.95. The third kappa shape index (κ3) is 2.36. The van der Waals surface area contributed by atoms with Gasteiger partial charge in [-0.2, -0.15) is 0 Å². The number of ether oxygens (including phenoxy) is 1. The molecule has 4 rings (SSSR count). The van der Waals surface area contributed by atoms with Crippen molar-refractivity contribution in [3.8, 4) is 0 Å². The van der Waals surface area contributed by atoms with Crippen LogP contribution in [0.1, 0.15) is 35.0 Å². The largest absolute Gasteiger partial charge is 0.369 e. The van der Waals surface area contributed by atoms with E-state index in [1.807, 2.05) is 24.6 Å². The SMILES string of the molecule is Cn1cc(C2CC3(CCN2)OCCc2cc(Br)sc23)nn1. The van der Waals surface area contributed by atoms with E-state index < -0.39 is 0 Å². The van der Waals surface area contributed by atoms with Crippen molar-refractivity contribution < 1.29 is 4.74 Å². The third-order valence-corrected chi connectivity index (χ3v) is 6.24. The highest BCUT2D eigenvalue weighted by Gasteiger charge is 2.44. The zero-order valence-corrected chi connectivity index (χ0v) is 14.2. The second kappa shape index (κ2) is 5.15. The first kappa shape index (κ1) is 13.9. The molecule has 5 nitrogen and oxygen atoms in total. The molecule has 1 fully saturated rings. The van der Waals surface area contributed by atoms with E-state index in [2.05, 4.69) is 37.6 Å². The monoisotopic (exact) mass is 368 g/mol. The maximum absolute atomic E-state index is 6.30. The van der Waals surface area contributed by atoms with Crippen molar-refractivity contribution >= 4 is 27.3 Å². The molecule has 1 spiro atoms. The minimum atomic E-state index is -0.155. The van der Waals surface area contributed by atoms with Gasteiger partial charge in [-0.15, -0.1) is 16.4 Å². The van der Waals surface area contributed by atoms with Gasteiger partial charge in [-0.25, -0.2) is 0 Å². The van der Waals surface area contributed by atoms with Crippen LogP contribution in [0.3, 0.4) is 0 Å².